The van der Waals surface area contributed by atoms with Crippen LogP contribution in [0.15, 0.2) is 0 Å². The summed E-state index contributed by atoms with van der Waals surface area (Å²) in [6, 6.07) is 0. The maximum Gasteiger partial charge on any atom is 0.0718 e. The highest BCUT2D eigenvalue weighted by Gasteiger charge is 2.34. The van der Waals surface area contributed by atoms with E-state index in [9.17, 15) is 5.11 Å². The predicted octanol–water partition coefficient (Wildman–Crippen LogP) is 3.97. The van der Waals surface area contributed by atoms with Gasteiger partial charge in [-0.1, -0.05) is 45.4 Å². The lowest BCUT2D eigenvalue weighted by atomic mass is 9.89. The van der Waals surface area contributed by atoms with Crippen molar-refractivity contribution in [1.29, 1.82) is 0 Å². The summed E-state index contributed by atoms with van der Waals surface area (Å²) in [4.78, 5) is 2.49. The van der Waals surface area contributed by atoms with Crippen molar-refractivity contribution in [3.8, 4) is 0 Å². The number of nitrogens with zero attached hydrogens (tertiary/aromatic N) is 1. The van der Waals surface area contributed by atoms with Crippen LogP contribution in [0.1, 0.15) is 78.6 Å². The molecule has 0 aliphatic carbocycles. The highest BCUT2D eigenvalue weighted by atomic mass is 16.3. The molecule has 1 heterocycles. The van der Waals surface area contributed by atoms with E-state index in [2.05, 4.69) is 25.7 Å². The van der Waals surface area contributed by atoms with Gasteiger partial charge in [-0.3, -0.25) is 4.90 Å². The molecule has 2 nitrogen and oxygen atoms in total. The lowest BCUT2D eigenvalue weighted by Crippen LogP contribution is -2.54. The van der Waals surface area contributed by atoms with Gasteiger partial charge >= 0.3 is 0 Å². The minimum atomic E-state index is -0.169. The normalized spacial score (nSPS) is 20.0. The predicted molar refractivity (Wildman–Crippen MR) is 78.9 cm³/mol. The monoisotopic (exact) mass is 255 g/mol. The summed E-state index contributed by atoms with van der Waals surface area (Å²) >= 11 is 0. The molecule has 1 saturated heterocycles. The van der Waals surface area contributed by atoms with E-state index >= 15 is 0 Å². The summed E-state index contributed by atoms with van der Waals surface area (Å²) in [5, 5.41) is 10.4. The molecule has 0 spiro atoms. The number of hydrogen-bond donors (Lipinski definition) is 1. The molecule has 0 saturated carbocycles. The molecule has 1 N–H and O–H groups in total. The fraction of sp³-hybridized carbons (Fsp3) is 1.00. The van der Waals surface area contributed by atoms with Crippen molar-refractivity contribution in [2.24, 2.45) is 0 Å². The second-order valence-electron chi connectivity index (χ2n) is 6.42. The van der Waals surface area contributed by atoms with Gasteiger partial charge in [0.05, 0.1) is 6.10 Å². The van der Waals surface area contributed by atoms with Gasteiger partial charge in [-0.2, -0.15) is 0 Å². The topological polar surface area (TPSA) is 23.5 Å². The molecule has 1 unspecified atom stereocenters. The van der Waals surface area contributed by atoms with E-state index < -0.39 is 0 Å². The molecular formula is C16H33NO. The molecule has 1 atom stereocenters. The fourth-order valence-corrected chi connectivity index (χ4v) is 2.98. The van der Waals surface area contributed by atoms with Gasteiger partial charge in [0.2, 0.25) is 0 Å². The van der Waals surface area contributed by atoms with Gasteiger partial charge in [-0.05, 0) is 46.2 Å². The van der Waals surface area contributed by atoms with E-state index in [0.717, 1.165) is 6.42 Å². The summed E-state index contributed by atoms with van der Waals surface area (Å²) in [7, 11) is 0. The van der Waals surface area contributed by atoms with Crippen LogP contribution in [0, 0.1) is 0 Å². The molecule has 0 amide bonds. The molecule has 0 aromatic carbocycles. The second-order valence-corrected chi connectivity index (χ2v) is 6.42. The average Bonchev–Trinajstić information content (AvgIpc) is 2.39. The molecule has 0 aromatic heterocycles. The van der Waals surface area contributed by atoms with Crippen LogP contribution >= 0.6 is 0 Å². The first-order chi connectivity index (χ1) is 8.59. The van der Waals surface area contributed by atoms with Crippen molar-refractivity contribution in [1.82, 2.24) is 4.90 Å². The Morgan fingerprint density at radius 2 is 1.61 bits per heavy atom. The molecular weight excluding hydrogens is 222 g/mol. The first-order valence-electron chi connectivity index (χ1n) is 8.02. The van der Waals surface area contributed by atoms with E-state index in [1.807, 2.05) is 0 Å². The minimum absolute atomic E-state index is 0.0365. The Bertz CT molecular complexity index is 209. The standard InChI is InChI=1S/C16H33NO/c1-4-5-6-7-9-12-15(18)16(2,3)17-13-10-8-11-14-17/h15,18H,4-14H2,1-3H3. The van der Waals surface area contributed by atoms with Crippen molar-refractivity contribution < 1.29 is 5.11 Å². The Balaban J connectivity index is 2.26. The van der Waals surface area contributed by atoms with E-state index in [-0.39, 0.29) is 11.6 Å². The Morgan fingerprint density at radius 3 is 2.22 bits per heavy atom. The van der Waals surface area contributed by atoms with Crippen molar-refractivity contribution in [3.05, 3.63) is 0 Å². The van der Waals surface area contributed by atoms with Crippen LogP contribution in [0.4, 0.5) is 0 Å². The quantitative estimate of drug-likeness (QED) is 0.663. The summed E-state index contributed by atoms with van der Waals surface area (Å²) in [6.07, 6.45) is 11.2. The van der Waals surface area contributed by atoms with Crippen LogP contribution < -0.4 is 0 Å². The van der Waals surface area contributed by atoms with Gasteiger partial charge in [-0.15, -0.1) is 0 Å². The molecule has 0 bridgehead atoms. The first-order valence-corrected chi connectivity index (χ1v) is 8.02. The molecule has 2 heteroatoms. The molecule has 18 heavy (non-hydrogen) atoms. The first kappa shape index (κ1) is 16.0. The smallest absolute Gasteiger partial charge is 0.0718 e. The van der Waals surface area contributed by atoms with Gasteiger partial charge in [0.25, 0.3) is 0 Å². The number of aliphatic hydroxyl groups is 1. The van der Waals surface area contributed by atoms with E-state index in [1.165, 1.54) is 64.5 Å². The van der Waals surface area contributed by atoms with Crippen molar-refractivity contribution in [3.63, 3.8) is 0 Å². The van der Waals surface area contributed by atoms with Crippen molar-refractivity contribution >= 4 is 0 Å². The minimum Gasteiger partial charge on any atom is -0.391 e. The van der Waals surface area contributed by atoms with Gasteiger partial charge in [0.15, 0.2) is 0 Å². The number of unbranched alkanes of at least 4 members (excludes halogenated alkanes) is 4. The SMILES string of the molecule is CCCCCCCC(O)C(C)(C)N1CCCCC1. The Kier molecular flexibility index (Phi) is 7.25. The van der Waals surface area contributed by atoms with Crippen LogP contribution in [0.25, 0.3) is 0 Å². The molecule has 1 aliphatic heterocycles. The van der Waals surface area contributed by atoms with Crippen molar-refractivity contribution in [2.45, 2.75) is 90.2 Å². The molecule has 1 rings (SSSR count). The van der Waals surface area contributed by atoms with E-state index in [0.29, 0.717) is 0 Å². The molecule has 108 valence electrons. The third-order valence-corrected chi connectivity index (χ3v) is 4.57. The molecule has 1 fully saturated rings. The van der Waals surface area contributed by atoms with Crippen LogP contribution in [0.3, 0.4) is 0 Å². The second kappa shape index (κ2) is 8.16. The van der Waals surface area contributed by atoms with Gasteiger partial charge in [-0.25, -0.2) is 0 Å². The highest BCUT2D eigenvalue weighted by molar-refractivity contribution is 4.90. The van der Waals surface area contributed by atoms with Crippen LogP contribution in [0.5, 0.6) is 0 Å². The number of hydrogen-bond acceptors (Lipinski definition) is 2. The molecule has 1 aliphatic rings. The summed E-state index contributed by atoms with van der Waals surface area (Å²) < 4.78 is 0. The van der Waals surface area contributed by atoms with Gasteiger partial charge in [0.1, 0.15) is 0 Å². The zero-order valence-corrected chi connectivity index (χ0v) is 12.7. The zero-order chi connectivity index (χ0) is 13.4. The third kappa shape index (κ3) is 4.89. The van der Waals surface area contributed by atoms with Crippen molar-refractivity contribution in [2.75, 3.05) is 13.1 Å². The lowest BCUT2D eigenvalue weighted by Gasteiger charge is -2.44. The Hall–Kier alpha value is -0.0800. The Labute approximate surface area is 114 Å². The van der Waals surface area contributed by atoms with Crippen LogP contribution in [-0.4, -0.2) is 34.7 Å². The lowest BCUT2D eigenvalue weighted by molar-refractivity contribution is -0.0241. The average molecular weight is 255 g/mol. The van der Waals surface area contributed by atoms with Crippen LogP contribution in [-0.2, 0) is 0 Å². The fourth-order valence-electron chi connectivity index (χ4n) is 2.98. The number of aliphatic hydroxyl groups excluding tert-OH is 1. The Morgan fingerprint density at radius 1 is 1.00 bits per heavy atom. The number of piperidine rings is 1. The number of rotatable bonds is 8. The zero-order valence-electron chi connectivity index (χ0n) is 12.7. The highest BCUT2D eigenvalue weighted by Crippen LogP contribution is 2.26. The summed E-state index contributed by atoms with van der Waals surface area (Å²) in [5.41, 5.74) is -0.0365. The van der Waals surface area contributed by atoms with E-state index in [1.54, 1.807) is 0 Å². The molecule has 0 aromatic rings. The maximum absolute atomic E-state index is 10.4. The van der Waals surface area contributed by atoms with E-state index in [4.69, 9.17) is 0 Å². The third-order valence-electron chi connectivity index (χ3n) is 4.57. The van der Waals surface area contributed by atoms with Gasteiger partial charge < -0.3 is 5.11 Å². The number of likely N-dealkylation sites (tertiary alicyclic amines) is 1. The van der Waals surface area contributed by atoms with Crippen LogP contribution in [0.2, 0.25) is 0 Å². The largest absolute Gasteiger partial charge is 0.391 e. The summed E-state index contributed by atoms with van der Waals surface area (Å²) in [5.74, 6) is 0. The van der Waals surface area contributed by atoms with Gasteiger partial charge in [0, 0.05) is 5.54 Å². The maximum atomic E-state index is 10.4. The summed E-state index contributed by atoms with van der Waals surface area (Å²) in [6.45, 7) is 9.01. The molecule has 0 radical (unpaired) electrons.